The minimum absolute atomic E-state index is 0.181. The van der Waals surface area contributed by atoms with Gasteiger partial charge in [0.15, 0.2) is 5.78 Å². The summed E-state index contributed by atoms with van der Waals surface area (Å²) < 4.78 is 5.77. The van der Waals surface area contributed by atoms with E-state index in [1.54, 1.807) is 17.6 Å². The standard InChI is InChI=1S/C12H12O2S/c13-9-3-6-14-12(8-9)5-1-2-11-10(12)4-7-15-11/h3-4,6-7H,1-2,5,8H2. The van der Waals surface area contributed by atoms with Gasteiger partial charge in [0.2, 0.25) is 0 Å². The Morgan fingerprint density at radius 3 is 3.27 bits per heavy atom. The zero-order chi connectivity index (χ0) is 10.3. The summed E-state index contributed by atoms with van der Waals surface area (Å²) in [5, 5.41) is 2.10. The maximum absolute atomic E-state index is 11.5. The Morgan fingerprint density at radius 2 is 2.40 bits per heavy atom. The van der Waals surface area contributed by atoms with Crippen molar-refractivity contribution in [3.63, 3.8) is 0 Å². The number of allylic oxidation sites excluding steroid dienone is 1. The second-order valence-electron chi connectivity index (χ2n) is 4.17. The normalized spacial score (nSPS) is 28.9. The van der Waals surface area contributed by atoms with E-state index < -0.39 is 0 Å². The Morgan fingerprint density at radius 1 is 1.47 bits per heavy atom. The van der Waals surface area contributed by atoms with Gasteiger partial charge >= 0.3 is 0 Å². The first-order valence-electron chi connectivity index (χ1n) is 5.24. The first-order chi connectivity index (χ1) is 7.30. The summed E-state index contributed by atoms with van der Waals surface area (Å²) in [6.45, 7) is 0. The largest absolute Gasteiger partial charge is 0.490 e. The molecule has 1 aromatic rings. The zero-order valence-corrected chi connectivity index (χ0v) is 9.18. The minimum Gasteiger partial charge on any atom is -0.490 e. The van der Waals surface area contributed by atoms with Gasteiger partial charge in [-0.25, -0.2) is 0 Å². The summed E-state index contributed by atoms with van der Waals surface area (Å²) in [5.74, 6) is 0.181. The highest BCUT2D eigenvalue weighted by Gasteiger charge is 2.41. The van der Waals surface area contributed by atoms with Crippen molar-refractivity contribution in [2.24, 2.45) is 0 Å². The van der Waals surface area contributed by atoms with Crippen LogP contribution in [0.5, 0.6) is 0 Å². The van der Waals surface area contributed by atoms with E-state index in [-0.39, 0.29) is 11.4 Å². The van der Waals surface area contributed by atoms with E-state index in [0.29, 0.717) is 6.42 Å². The number of ketones is 1. The molecule has 1 aromatic heterocycles. The lowest BCUT2D eigenvalue weighted by molar-refractivity contribution is -0.123. The maximum Gasteiger partial charge on any atom is 0.163 e. The van der Waals surface area contributed by atoms with Gasteiger partial charge in [0.25, 0.3) is 0 Å². The number of hydrogen-bond acceptors (Lipinski definition) is 3. The lowest BCUT2D eigenvalue weighted by atomic mass is 9.79. The number of carbonyl (C=O) groups is 1. The molecule has 1 unspecified atom stereocenters. The smallest absolute Gasteiger partial charge is 0.163 e. The molecule has 1 spiro atoms. The number of aryl methyl sites for hydroxylation is 1. The van der Waals surface area contributed by atoms with Crippen LogP contribution in [-0.2, 0) is 21.6 Å². The number of thiophene rings is 1. The Balaban J connectivity index is 2.08. The molecule has 3 heteroatoms. The monoisotopic (exact) mass is 220 g/mol. The van der Waals surface area contributed by atoms with Crippen molar-refractivity contribution < 1.29 is 9.53 Å². The van der Waals surface area contributed by atoms with Crippen LogP contribution in [0.25, 0.3) is 0 Å². The minimum atomic E-state index is -0.334. The van der Waals surface area contributed by atoms with Gasteiger partial charge in [-0.05, 0) is 30.7 Å². The van der Waals surface area contributed by atoms with Crippen molar-refractivity contribution in [1.29, 1.82) is 0 Å². The second-order valence-corrected chi connectivity index (χ2v) is 5.17. The van der Waals surface area contributed by atoms with Crippen LogP contribution in [-0.4, -0.2) is 5.78 Å². The molecule has 1 aliphatic heterocycles. The van der Waals surface area contributed by atoms with Crippen molar-refractivity contribution in [1.82, 2.24) is 0 Å². The molecule has 0 radical (unpaired) electrons. The molecule has 0 aromatic carbocycles. The highest BCUT2D eigenvalue weighted by atomic mass is 32.1. The summed E-state index contributed by atoms with van der Waals surface area (Å²) in [7, 11) is 0. The Bertz CT molecular complexity index is 433. The lowest BCUT2D eigenvalue weighted by Gasteiger charge is -2.37. The van der Waals surface area contributed by atoms with Crippen molar-refractivity contribution >= 4 is 17.1 Å². The molecule has 78 valence electrons. The van der Waals surface area contributed by atoms with Crippen LogP contribution in [0.15, 0.2) is 23.8 Å². The molecule has 3 rings (SSSR count). The highest BCUT2D eigenvalue weighted by molar-refractivity contribution is 7.10. The van der Waals surface area contributed by atoms with Crippen LogP contribution in [0.4, 0.5) is 0 Å². The molecule has 1 aliphatic carbocycles. The van der Waals surface area contributed by atoms with Crippen LogP contribution < -0.4 is 0 Å². The second kappa shape index (κ2) is 3.20. The van der Waals surface area contributed by atoms with Gasteiger partial charge in [-0.2, -0.15) is 0 Å². The van der Waals surface area contributed by atoms with Gasteiger partial charge < -0.3 is 4.74 Å². The Hall–Kier alpha value is -1.09. The van der Waals surface area contributed by atoms with E-state index in [0.717, 1.165) is 19.3 Å². The van der Waals surface area contributed by atoms with Gasteiger partial charge in [-0.1, -0.05) is 0 Å². The summed E-state index contributed by atoms with van der Waals surface area (Å²) in [6, 6.07) is 2.12. The highest BCUT2D eigenvalue weighted by Crippen LogP contribution is 2.44. The fraction of sp³-hybridized carbons (Fsp3) is 0.417. The SMILES string of the molecule is O=C1C=COC2(CCCc3sccc32)C1. The van der Waals surface area contributed by atoms with Gasteiger partial charge in [0, 0.05) is 16.5 Å². The van der Waals surface area contributed by atoms with E-state index in [9.17, 15) is 4.79 Å². The third kappa shape index (κ3) is 1.34. The summed E-state index contributed by atoms with van der Waals surface area (Å²) in [5.41, 5.74) is 0.913. The fourth-order valence-electron chi connectivity index (χ4n) is 2.54. The average molecular weight is 220 g/mol. The first-order valence-corrected chi connectivity index (χ1v) is 6.12. The molecule has 2 nitrogen and oxygen atoms in total. The van der Waals surface area contributed by atoms with Gasteiger partial charge in [-0.3, -0.25) is 4.79 Å². The van der Waals surface area contributed by atoms with Crippen LogP contribution >= 0.6 is 11.3 Å². The molecular weight excluding hydrogens is 208 g/mol. The van der Waals surface area contributed by atoms with Crippen molar-refractivity contribution in [3.8, 4) is 0 Å². The summed E-state index contributed by atoms with van der Waals surface area (Å²) in [6.07, 6.45) is 6.83. The van der Waals surface area contributed by atoms with E-state index >= 15 is 0 Å². The molecule has 0 saturated heterocycles. The number of fused-ring (bicyclic) bond motifs is 2. The number of rotatable bonds is 0. The number of hydrogen-bond donors (Lipinski definition) is 0. The van der Waals surface area contributed by atoms with Gasteiger partial charge in [0.1, 0.15) is 5.60 Å². The van der Waals surface area contributed by atoms with Crippen LogP contribution in [0.2, 0.25) is 0 Å². The third-order valence-corrected chi connectivity index (χ3v) is 4.21. The number of carbonyl (C=O) groups excluding carboxylic acids is 1. The molecule has 0 fully saturated rings. The molecule has 0 saturated carbocycles. The number of ether oxygens (including phenoxy) is 1. The van der Waals surface area contributed by atoms with Gasteiger partial charge in [-0.15, -0.1) is 11.3 Å². The van der Waals surface area contributed by atoms with Crippen molar-refractivity contribution in [2.75, 3.05) is 0 Å². The Kier molecular flexibility index (Phi) is 1.96. The molecule has 15 heavy (non-hydrogen) atoms. The van der Waals surface area contributed by atoms with E-state index in [1.807, 2.05) is 0 Å². The molecule has 2 heterocycles. The van der Waals surface area contributed by atoms with Crippen LogP contribution in [0, 0.1) is 0 Å². The average Bonchev–Trinajstić information content (AvgIpc) is 2.67. The van der Waals surface area contributed by atoms with E-state index in [4.69, 9.17) is 4.74 Å². The predicted octanol–water partition coefficient (Wildman–Crippen LogP) is 2.78. The zero-order valence-electron chi connectivity index (χ0n) is 8.36. The van der Waals surface area contributed by atoms with Crippen LogP contribution in [0.1, 0.15) is 29.7 Å². The quantitative estimate of drug-likeness (QED) is 0.672. The van der Waals surface area contributed by atoms with E-state index in [1.165, 1.54) is 16.5 Å². The summed E-state index contributed by atoms with van der Waals surface area (Å²) >= 11 is 1.78. The molecule has 2 aliphatic rings. The van der Waals surface area contributed by atoms with Crippen molar-refractivity contribution in [3.05, 3.63) is 34.2 Å². The van der Waals surface area contributed by atoms with Gasteiger partial charge in [0.05, 0.1) is 12.7 Å². The molecule has 0 bridgehead atoms. The maximum atomic E-state index is 11.5. The molecule has 0 N–H and O–H groups in total. The molecular formula is C12H12O2S. The Labute approximate surface area is 92.6 Å². The summed E-state index contributed by atoms with van der Waals surface area (Å²) in [4.78, 5) is 12.9. The lowest BCUT2D eigenvalue weighted by Crippen LogP contribution is -2.35. The fourth-order valence-corrected chi connectivity index (χ4v) is 3.55. The third-order valence-electron chi connectivity index (χ3n) is 3.23. The van der Waals surface area contributed by atoms with Crippen LogP contribution in [0.3, 0.4) is 0 Å². The van der Waals surface area contributed by atoms with E-state index in [2.05, 4.69) is 11.4 Å². The predicted molar refractivity (Wildman–Crippen MR) is 58.8 cm³/mol. The topological polar surface area (TPSA) is 26.3 Å². The van der Waals surface area contributed by atoms with Crippen molar-refractivity contribution in [2.45, 2.75) is 31.3 Å². The molecule has 0 amide bonds. The first kappa shape index (κ1) is 9.16. The molecule has 1 atom stereocenters.